The first kappa shape index (κ1) is 45.4. The van der Waals surface area contributed by atoms with Crippen LogP contribution in [-0.4, -0.2) is 139 Å². The number of fused-ring (bicyclic) bond motifs is 6. The van der Waals surface area contributed by atoms with Crippen LogP contribution in [0.4, 0.5) is 5.69 Å². The Kier molecular flexibility index (Phi) is 13.2. The van der Waals surface area contributed by atoms with Crippen LogP contribution in [0.3, 0.4) is 0 Å². The van der Waals surface area contributed by atoms with Crippen LogP contribution >= 0.6 is 0 Å². The van der Waals surface area contributed by atoms with Gasteiger partial charge < -0.3 is 70.2 Å². The molecule has 0 saturated carbocycles. The summed E-state index contributed by atoms with van der Waals surface area (Å²) >= 11 is 0. The molecular weight excluding hydrogens is 859 g/mol. The topological polar surface area (TPSA) is 299 Å². The minimum atomic E-state index is -1.58. The smallest absolute Gasteiger partial charge is 0.242 e. The van der Waals surface area contributed by atoms with Crippen LogP contribution in [-0.2, 0) is 30.4 Å². The summed E-state index contributed by atoms with van der Waals surface area (Å²) in [7, 11) is 0. The van der Waals surface area contributed by atoms with Gasteiger partial charge in [-0.25, -0.2) is 0 Å². The van der Waals surface area contributed by atoms with E-state index in [2.05, 4.69) is 21.3 Å². The van der Waals surface area contributed by atoms with Crippen LogP contribution in [0.5, 0.6) is 11.5 Å². The number of aldehydes is 1. The van der Waals surface area contributed by atoms with Gasteiger partial charge in [-0.2, -0.15) is 0 Å². The molecule has 3 aromatic carbocycles. The Bertz CT molecular complexity index is 2450. The summed E-state index contributed by atoms with van der Waals surface area (Å²) in [6, 6.07) is 12.8. The summed E-state index contributed by atoms with van der Waals surface area (Å²) in [4.78, 5) is 56.2. The molecule has 9 rings (SSSR count). The number of aliphatic hydroxyl groups excluding tert-OH is 4. The van der Waals surface area contributed by atoms with Crippen molar-refractivity contribution in [3.05, 3.63) is 111 Å². The molecule has 0 aromatic heterocycles. The number of allylic oxidation sites excluding steroid dienone is 1. The van der Waals surface area contributed by atoms with E-state index in [1.54, 1.807) is 18.2 Å². The van der Waals surface area contributed by atoms with Gasteiger partial charge >= 0.3 is 0 Å². The molecule has 20 heteroatoms. The normalized spacial score (nSPS) is 28.7. The molecule has 12 N–H and O–H groups in total. The number of nitrogens with one attached hydrogen (secondary N) is 4. The maximum absolute atomic E-state index is 14.9. The van der Waals surface area contributed by atoms with Crippen LogP contribution in [0, 0.1) is 0 Å². The van der Waals surface area contributed by atoms with Crippen molar-refractivity contribution in [2.24, 2.45) is 11.5 Å². The largest absolute Gasteiger partial charge is 0.486 e. The minimum Gasteiger partial charge on any atom is -0.486 e. The number of nitrogens with two attached hydrogens (primary N) is 2. The van der Waals surface area contributed by atoms with Gasteiger partial charge in [0.25, 0.3) is 0 Å². The number of hydrogen-bond acceptors (Lipinski definition) is 19. The second-order valence-electron chi connectivity index (χ2n) is 17.0. The van der Waals surface area contributed by atoms with Crippen molar-refractivity contribution in [2.75, 3.05) is 44.5 Å². The fraction of sp³-hybridized carbons (Fsp3) is 0.435. The number of carbonyl (C=O) groups excluding carboxylic acids is 4. The number of aliphatic hydroxyl groups is 4. The quantitative estimate of drug-likeness (QED) is 0.0746. The SMILES string of the molecule is NC1=CC(CCO[C@@H]2[C@H]3Oc4c(cc5c(c4OC[C@H](O)CC=O)C(=O)c4cc(CO)ccc4C5=O)[C@H](c4ccccc4N4CN[C@H]5C(=O)N[C@@H](N)N[C@@H]54)CCOC[C@H](O3)[C@H](O)[C@H]2O)=CCN1. The zero-order chi connectivity index (χ0) is 46.2. The number of dihydropyridines is 1. The third-order valence-electron chi connectivity index (χ3n) is 12.8. The first-order chi connectivity index (χ1) is 31.9. The van der Waals surface area contributed by atoms with Crippen molar-refractivity contribution in [1.82, 2.24) is 21.3 Å². The Balaban J connectivity index is 1.23. The van der Waals surface area contributed by atoms with Gasteiger partial charge in [-0.15, -0.1) is 0 Å². The van der Waals surface area contributed by atoms with Gasteiger partial charge in [0.15, 0.2) is 23.1 Å². The second kappa shape index (κ2) is 19.2. The van der Waals surface area contributed by atoms with Crippen LogP contribution in [0.15, 0.2) is 72.1 Å². The molecule has 5 aliphatic heterocycles. The lowest BCUT2D eigenvalue weighted by Crippen LogP contribution is -2.70. The Labute approximate surface area is 378 Å². The first-order valence-corrected chi connectivity index (χ1v) is 21.9. The lowest BCUT2D eigenvalue weighted by molar-refractivity contribution is -0.289. The molecule has 0 spiro atoms. The zero-order valence-electron chi connectivity index (χ0n) is 35.8. The standard InChI is InChI=1S/C46H53N7O13/c47-33-16-22(7-11-49-33)9-14-63-42-39(60)38(59)32-20-62-13-10-25(26-3-1-2-4-31(26)53-21-50-35-43(53)51-46(48)52-44(35)61)29-17-30-34(37(58)28-15-23(18-55)5-6-27(28)36(30)57)41(40(29)66-45(42)65-32)64-19-24(56)8-12-54/h1-7,12,15-17,24-25,32,35,38-39,42-43,45-46,49-51,55-56,59-60H,8-11,13-14,18-21,47-48H2,(H,52,61)/t24-,25+,32+,35-,38+,39-,42+,43-,45-,46+/m1/s1. The molecule has 350 valence electrons. The van der Waals surface area contributed by atoms with E-state index in [0.29, 0.717) is 47.5 Å². The van der Waals surface area contributed by atoms with E-state index in [1.807, 2.05) is 35.2 Å². The highest BCUT2D eigenvalue weighted by molar-refractivity contribution is 6.29. The van der Waals surface area contributed by atoms with E-state index in [1.165, 1.54) is 12.1 Å². The molecule has 0 unspecified atom stereocenters. The third-order valence-corrected chi connectivity index (χ3v) is 12.8. The predicted octanol–water partition coefficient (Wildman–Crippen LogP) is -1.21. The van der Waals surface area contributed by atoms with Gasteiger partial charge in [-0.1, -0.05) is 30.3 Å². The fourth-order valence-electron chi connectivity index (χ4n) is 9.46. The Morgan fingerprint density at radius 2 is 1.85 bits per heavy atom. The molecule has 3 aromatic rings. The van der Waals surface area contributed by atoms with Gasteiger partial charge in [0.1, 0.15) is 55.8 Å². The molecular formula is C46H53N7O13. The molecule has 66 heavy (non-hydrogen) atoms. The summed E-state index contributed by atoms with van der Waals surface area (Å²) in [5.41, 5.74) is 15.0. The molecule has 10 atom stereocenters. The van der Waals surface area contributed by atoms with E-state index in [-0.39, 0.29) is 79.0 Å². The van der Waals surface area contributed by atoms with Crippen LogP contribution < -0.4 is 47.1 Å². The molecule has 0 radical (unpaired) electrons. The number of anilines is 1. The van der Waals surface area contributed by atoms with Crippen LogP contribution in [0.1, 0.15) is 73.7 Å². The van der Waals surface area contributed by atoms with Gasteiger partial charge in [-0.3, -0.25) is 30.8 Å². The van der Waals surface area contributed by atoms with Crippen LogP contribution in [0.25, 0.3) is 0 Å². The molecule has 20 nitrogen and oxygen atoms in total. The van der Waals surface area contributed by atoms with Crippen molar-refractivity contribution in [3.63, 3.8) is 0 Å². The third kappa shape index (κ3) is 8.68. The summed E-state index contributed by atoms with van der Waals surface area (Å²) in [6.07, 6.45) is -5.34. The number of ketones is 2. The molecule has 5 heterocycles. The van der Waals surface area contributed by atoms with E-state index in [0.717, 1.165) is 5.57 Å². The number of nitrogens with zero attached hydrogens (tertiary/aromatic N) is 1. The highest BCUT2D eigenvalue weighted by Gasteiger charge is 2.49. The Hall–Kier alpha value is -5.78. The summed E-state index contributed by atoms with van der Waals surface area (Å²) in [5, 5.41) is 56.3. The van der Waals surface area contributed by atoms with Gasteiger partial charge in [0.2, 0.25) is 12.2 Å². The first-order valence-electron chi connectivity index (χ1n) is 21.9. The van der Waals surface area contributed by atoms with Crippen molar-refractivity contribution in [1.29, 1.82) is 0 Å². The average molecular weight is 912 g/mol. The van der Waals surface area contributed by atoms with Crippen molar-refractivity contribution in [2.45, 2.75) is 87.1 Å². The number of carbonyl (C=O) groups is 4. The lowest BCUT2D eigenvalue weighted by atomic mass is 9.78. The van der Waals surface area contributed by atoms with Gasteiger partial charge in [0, 0.05) is 53.4 Å². The molecule has 3 fully saturated rings. The highest BCUT2D eigenvalue weighted by atomic mass is 16.7. The highest BCUT2D eigenvalue weighted by Crippen LogP contribution is 2.50. The number of amides is 1. The predicted molar refractivity (Wildman–Crippen MR) is 233 cm³/mol. The average Bonchev–Trinajstić information content (AvgIpc) is 3.73. The number of benzene rings is 3. The summed E-state index contributed by atoms with van der Waals surface area (Å²) in [5.74, 6) is -2.09. The number of hydrogen-bond donors (Lipinski definition) is 10. The van der Waals surface area contributed by atoms with E-state index >= 15 is 0 Å². The van der Waals surface area contributed by atoms with Crippen molar-refractivity contribution < 1.29 is 63.3 Å². The maximum Gasteiger partial charge on any atom is 0.242 e. The van der Waals surface area contributed by atoms with Crippen molar-refractivity contribution >= 4 is 29.4 Å². The molecule has 6 aliphatic rings. The van der Waals surface area contributed by atoms with Gasteiger partial charge in [-0.05, 0) is 59.9 Å². The molecule has 3 saturated heterocycles. The summed E-state index contributed by atoms with van der Waals surface area (Å²) < 4.78 is 32.2. The summed E-state index contributed by atoms with van der Waals surface area (Å²) in [6.45, 7) is -0.278. The fourth-order valence-corrected chi connectivity index (χ4v) is 9.46. The number of ether oxygens (including phenoxy) is 5. The molecule has 1 aliphatic carbocycles. The van der Waals surface area contributed by atoms with E-state index in [9.17, 15) is 39.6 Å². The zero-order valence-corrected chi connectivity index (χ0v) is 35.8. The molecule has 1 amide bonds. The Morgan fingerprint density at radius 1 is 1.02 bits per heavy atom. The number of para-hydroxylation sites is 1. The van der Waals surface area contributed by atoms with E-state index in [4.69, 9.17) is 35.2 Å². The molecule has 2 bridgehead atoms. The van der Waals surface area contributed by atoms with E-state index < -0.39 is 86.0 Å². The monoisotopic (exact) mass is 911 g/mol. The Morgan fingerprint density at radius 3 is 2.65 bits per heavy atom. The van der Waals surface area contributed by atoms with Gasteiger partial charge in [0.05, 0.1) is 44.0 Å². The number of rotatable bonds is 12. The second-order valence-corrected chi connectivity index (χ2v) is 17.0. The van der Waals surface area contributed by atoms with Crippen LogP contribution in [0.2, 0.25) is 0 Å². The maximum atomic E-state index is 14.9. The minimum absolute atomic E-state index is 0.00166. The van der Waals surface area contributed by atoms with Crippen molar-refractivity contribution in [3.8, 4) is 11.5 Å². The lowest BCUT2D eigenvalue weighted by Gasteiger charge is -2.42.